The van der Waals surface area contributed by atoms with Crippen LogP contribution in [0.2, 0.25) is 0 Å². The molecule has 1 N–H and O–H groups in total. The monoisotopic (exact) mass is 276 g/mol. The quantitative estimate of drug-likeness (QED) is 0.890. The zero-order valence-corrected chi connectivity index (χ0v) is 12.4. The molecule has 1 heterocycles. The van der Waals surface area contributed by atoms with Crippen LogP contribution in [-0.4, -0.2) is 44.6 Å². The highest BCUT2D eigenvalue weighted by atomic mass is 16.5. The lowest BCUT2D eigenvalue weighted by Crippen LogP contribution is -2.42. The van der Waals surface area contributed by atoms with E-state index in [1.807, 2.05) is 30.1 Å². The first-order valence-electron chi connectivity index (χ1n) is 7.30. The molecule has 4 heteroatoms. The van der Waals surface area contributed by atoms with E-state index in [0.29, 0.717) is 0 Å². The fourth-order valence-electron chi connectivity index (χ4n) is 2.68. The van der Waals surface area contributed by atoms with Crippen molar-refractivity contribution >= 4 is 5.91 Å². The van der Waals surface area contributed by atoms with Gasteiger partial charge in [0.05, 0.1) is 13.0 Å². The number of para-hydroxylation sites is 1. The van der Waals surface area contributed by atoms with Crippen molar-refractivity contribution < 1.29 is 9.53 Å². The normalized spacial score (nSPS) is 18.6. The second-order valence-electron chi connectivity index (χ2n) is 5.36. The van der Waals surface area contributed by atoms with E-state index >= 15 is 0 Å². The Bertz CT molecular complexity index is 442. The largest absolute Gasteiger partial charge is 0.496 e. The number of hydrogen-bond donors (Lipinski definition) is 1. The first kappa shape index (κ1) is 14.9. The van der Waals surface area contributed by atoms with E-state index in [9.17, 15) is 4.79 Å². The van der Waals surface area contributed by atoms with E-state index in [2.05, 4.69) is 11.4 Å². The van der Waals surface area contributed by atoms with Gasteiger partial charge in [-0.15, -0.1) is 0 Å². The maximum atomic E-state index is 12.3. The predicted molar refractivity (Wildman–Crippen MR) is 79.9 cm³/mol. The summed E-state index contributed by atoms with van der Waals surface area (Å²) in [6, 6.07) is 7.98. The maximum Gasteiger partial charge on any atom is 0.226 e. The van der Waals surface area contributed by atoms with Crippen molar-refractivity contribution in [3.8, 4) is 5.75 Å². The molecule has 0 aromatic heterocycles. The summed E-state index contributed by atoms with van der Waals surface area (Å²) in [6.45, 7) is 2.59. The van der Waals surface area contributed by atoms with Crippen LogP contribution in [0.15, 0.2) is 24.3 Å². The Hall–Kier alpha value is -1.55. The van der Waals surface area contributed by atoms with Crippen LogP contribution in [0.5, 0.6) is 5.75 Å². The lowest BCUT2D eigenvalue weighted by molar-refractivity contribution is -0.134. The third-order valence-electron chi connectivity index (χ3n) is 3.93. The number of piperidine rings is 1. The van der Waals surface area contributed by atoms with Gasteiger partial charge in [0.15, 0.2) is 0 Å². The Morgan fingerprint density at radius 1 is 1.45 bits per heavy atom. The number of carbonyl (C=O) groups excluding carboxylic acids is 1. The molecule has 1 fully saturated rings. The van der Waals surface area contributed by atoms with Crippen molar-refractivity contribution in [2.45, 2.75) is 19.3 Å². The van der Waals surface area contributed by atoms with E-state index in [0.717, 1.165) is 50.2 Å². The van der Waals surface area contributed by atoms with Gasteiger partial charge in [0, 0.05) is 20.1 Å². The van der Waals surface area contributed by atoms with E-state index in [1.165, 1.54) is 0 Å². The molecule has 0 aliphatic carbocycles. The van der Waals surface area contributed by atoms with Crippen molar-refractivity contribution in [3.05, 3.63) is 29.8 Å². The summed E-state index contributed by atoms with van der Waals surface area (Å²) in [7, 11) is 3.58. The fraction of sp³-hybridized carbons (Fsp3) is 0.562. The molecule has 1 aromatic carbocycles. The summed E-state index contributed by atoms with van der Waals surface area (Å²) in [5.74, 6) is 1.30. The van der Waals surface area contributed by atoms with E-state index < -0.39 is 0 Å². The van der Waals surface area contributed by atoms with Crippen molar-refractivity contribution in [3.63, 3.8) is 0 Å². The van der Waals surface area contributed by atoms with Gasteiger partial charge >= 0.3 is 0 Å². The van der Waals surface area contributed by atoms with Crippen molar-refractivity contribution in [1.82, 2.24) is 10.2 Å². The molecule has 1 aliphatic heterocycles. The molecule has 1 aromatic rings. The molecule has 0 saturated carbocycles. The number of hydrogen-bond acceptors (Lipinski definition) is 3. The second-order valence-corrected chi connectivity index (χ2v) is 5.36. The van der Waals surface area contributed by atoms with Gasteiger partial charge in [-0.05, 0) is 37.4 Å². The first-order chi connectivity index (χ1) is 9.72. The van der Waals surface area contributed by atoms with Gasteiger partial charge in [0.25, 0.3) is 0 Å². The van der Waals surface area contributed by atoms with Crippen LogP contribution < -0.4 is 10.1 Å². The second kappa shape index (κ2) is 7.29. The van der Waals surface area contributed by atoms with Crippen LogP contribution in [0.4, 0.5) is 0 Å². The van der Waals surface area contributed by atoms with Crippen LogP contribution in [0.25, 0.3) is 0 Å². The minimum Gasteiger partial charge on any atom is -0.496 e. The molecule has 20 heavy (non-hydrogen) atoms. The van der Waals surface area contributed by atoms with Gasteiger partial charge in [-0.3, -0.25) is 4.79 Å². The summed E-state index contributed by atoms with van der Waals surface area (Å²) in [5, 5.41) is 3.30. The zero-order valence-electron chi connectivity index (χ0n) is 12.4. The van der Waals surface area contributed by atoms with Crippen molar-refractivity contribution in [1.29, 1.82) is 0 Å². The molecule has 1 unspecified atom stereocenters. The van der Waals surface area contributed by atoms with Crippen LogP contribution >= 0.6 is 0 Å². The number of benzene rings is 1. The van der Waals surface area contributed by atoms with Crippen molar-refractivity contribution in [2.75, 3.05) is 33.8 Å². The number of nitrogens with one attached hydrogen (secondary N) is 1. The lowest BCUT2D eigenvalue weighted by atomic mass is 9.98. The number of likely N-dealkylation sites (N-methyl/N-ethyl adjacent to an activating group) is 1. The number of ether oxygens (including phenoxy) is 1. The highest BCUT2D eigenvalue weighted by molar-refractivity contribution is 5.78. The Morgan fingerprint density at radius 3 is 2.95 bits per heavy atom. The highest BCUT2D eigenvalue weighted by Crippen LogP contribution is 2.18. The summed E-state index contributed by atoms with van der Waals surface area (Å²) < 4.78 is 5.34. The third kappa shape index (κ3) is 3.73. The third-order valence-corrected chi connectivity index (χ3v) is 3.93. The van der Waals surface area contributed by atoms with Gasteiger partial charge in [0.1, 0.15) is 5.75 Å². The molecule has 4 nitrogen and oxygen atoms in total. The van der Waals surface area contributed by atoms with Crippen molar-refractivity contribution in [2.24, 2.45) is 5.92 Å². The number of carbonyl (C=O) groups is 1. The van der Waals surface area contributed by atoms with Gasteiger partial charge in [-0.1, -0.05) is 18.2 Å². The molecule has 0 spiro atoms. The maximum absolute atomic E-state index is 12.3. The smallest absolute Gasteiger partial charge is 0.226 e. The van der Waals surface area contributed by atoms with Crippen LogP contribution in [0.1, 0.15) is 18.4 Å². The van der Waals surface area contributed by atoms with Gasteiger partial charge < -0.3 is 15.0 Å². The van der Waals surface area contributed by atoms with Crippen LogP contribution in [-0.2, 0) is 11.2 Å². The number of rotatable bonds is 5. The van der Waals surface area contributed by atoms with E-state index in [1.54, 1.807) is 7.11 Å². The molecule has 2 rings (SSSR count). The minimum atomic E-state index is 0.145. The lowest BCUT2D eigenvalue weighted by Gasteiger charge is -2.27. The zero-order chi connectivity index (χ0) is 14.4. The topological polar surface area (TPSA) is 41.6 Å². The van der Waals surface area contributed by atoms with Gasteiger partial charge in [-0.25, -0.2) is 0 Å². The number of nitrogens with zero attached hydrogens (tertiary/aromatic N) is 1. The van der Waals surface area contributed by atoms with Gasteiger partial charge in [0.2, 0.25) is 5.91 Å². The standard InChI is InChI=1S/C16H24N2O2/c1-18(16(19)14-7-5-10-17-12-14)11-9-13-6-3-4-8-15(13)20-2/h3-4,6,8,14,17H,5,7,9-12H2,1-2H3. The minimum absolute atomic E-state index is 0.145. The molecular formula is C16H24N2O2. The Kier molecular flexibility index (Phi) is 5.41. The average Bonchev–Trinajstić information content (AvgIpc) is 2.53. The molecule has 1 aliphatic rings. The molecule has 110 valence electrons. The molecule has 1 saturated heterocycles. The average molecular weight is 276 g/mol. The summed E-state index contributed by atoms with van der Waals surface area (Å²) in [5.41, 5.74) is 1.15. The highest BCUT2D eigenvalue weighted by Gasteiger charge is 2.23. The number of amides is 1. The molecule has 1 amide bonds. The molecule has 0 radical (unpaired) electrons. The Balaban J connectivity index is 1.87. The fourth-order valence-corrected chi connectivity index (χ4v) is 2.68. The molecule has 1 atom stereocenters. The molecular weight excluding hydrogens is 252 g/mol. The summed E-state index contributed by atoms with van der Waals surface area (Å²) in [4.78, 5) is 14.2. The van der Waals surface area contributed by atoms with Crippen LogP contribution in [0.3, 0.4) is 0 Å². The van der Waals surface area contributed by atoms with E-state index in [-0.39, 0.29) is 11.8 Å². The Labute approximate surface area is 121 Å². The SMILES string of the molecule is COc1ccccc1CCN(C)C(=O)C1CCCNC1. The Morgan fingerprint density at radius 2 is 2.25 bits per heavy atom. The van der Waals surface area contributed by atoms with Gasteiger partial charge in [-0.2, -0.15) is 0 Å². The van der Waals surface area contributed by atoms with E-state index in [4.69, 9.17) is 4.74 Å². The predicted octanol–water partition coefficient (Wildman–Crippen LogP) is 1.70. The molecule has 0 bridgehead atoms. The summed E-state index contributed by atoms with van der Waals surface area (Å²) >= 11 is 0. The number of methoxy groups -OCH3 is 1. The first-order valence-corrected chi connectivity index (χ1v) is 7.30. The van der Waals surface area contributed by atoms with Crippen LogP contribution in [0, 0.1) is 5.92 Å². The summed E-state index contributed by atoms with van der Waals surface area (Å²) in [6.07, 6.45) is 2.92.